The second-order valence-corrected chi connectivity index (χ2v) is 13.3. The Hall–Kier alpha value is -2.98. The van der Waals surface area contributed by atoms with E-state index in [9.17, 15) is 13.5 Å². The molecule has 1 aromatic carbocycles. The predicted octanol–water partition coefficient (Wildman–Crippen LogP) is 3.72. The monoisotopic (exact) mass is 524 g/mol. The van der Waals surface area contributed by atoms with Crippen LogP contribution in [0.1, 0.15) is 45.1 Å². The average molecular weight is 525 g/mol. The Morgan fingerprint density at radius 3 is 2.49 bits per heavy atom. The molecule has 198 valence electrons. The summed E-state index contributed by atoms with van der Waals surface area (Å²) in [5, 5.41) is 15.8. The Kier molecular flexibility index (Phi) is 6.74. The van der Waals surface area contributed by atoms with Crippen molar-refractivity contribution in [2.45, 2.75) is 45.1 Å². The molecule has 9 nitrogen and oxygen atoms in total. The molecule has 2 aromatic heterocycles. The molecule has 4 heterocycles. The van der Waals surface area contributed by atoms with Gasteiger partial charge in [0.1, 0.15) is 21.5 Å². The van der Waals surface area contributed by atoms with Crippen molar-refractivity contribution in [2.75, 3.05) is 53.3 Å². The fraction of sp³-hybridized carbons (Fsp3) is 0.519. The molecule has 0 radical (unpaired) electrons. The zero-order valence-corrected chi connectivity index (χ0v) is 22.8. The number of sulfone groups is 1. The number of nitrogens with one attached hydrogen (secondary N) is 1. The molecule has 0 amide bonds. The molecule has 2 aliphatic heterocycles. The van der Waals surface area contributed by atoms with E-state index in [2.05, 4.69) is 52.1 Å². The van der Waals surface area contributed by atoms with Crippen LogP contribution in [-0.2, 0) is 9.84 Å². The summed E-state index contributed by atoms with van der Waals surface area (Å²) in [6.45, 7) is 9.14. The highest BCUT2D eigenvalue weighted by atomic mass is 32.2. The average Bonchev–Trinajstić information content (AvgIpc) is 2.80. The first-order chi connectivity index (χ1) is 17.5. The highest BCUT2D eigenvalue weighted by Crippen LogP contribution is 2.37. The highest BCUT2D eigenvalue weighted by Gasteiger charge is 2.31. The van der Waals surface area contributed by atoms with Gasteiger partial charge in [0.05, 0.1) is 11.4 Å². The van der Waals surface area contributed by atoms with E-state index in [1.807, 2.05) is 19.2 Å². The van der Waals surface area contributed by atoms with E-state index in [0.29, 0.717) is 49.4 Å². The summed E-state index contributed by atoms with van der Waals surface area (Å²) in [6, 6.07) is 8.21. The Morgan fingerprint density at radius 2 is 1.81 bits per heavy atom. The first kappa shape index (κ1) is 25.7. The third-order valence-corrected chi connectivity index (χ3v) is 8.47. The first-order valence-electron chi connectivity index (χ1n) is 12.9. The van der Waals surface area contributed by atoms with E-state index in [1.165, 1.54) is 11.8 Å². The smallest absolute Gasteiger partial charge is 0.227 e. The van der Waals surface area contributed by atoms with E-state index < -0.39 is 15.4 Å². The van der Waals surface area contributed by atoms with Gasteiger partial charge in [-0.3, -0.25) is 0 Å². The lowest BCUT2D eigenvalue weighted by Gasteiger charge is -2.41. The van der Waals surface area contributed by atoms with Crippen molar-refractivity contribution in [1.82, 2.24) is 15.0 Å². The lowest BCUT2D eigenvalue weighted by molar-refractivity contribution is 0.0349. The number of hydrogen-bond acceptors (Lipinski definition) is 9. The molecule has 2 aliphatic rings. The summed E-state index contributed by atoms with van der Waals surface area (Å²) >= 11 is 0. The fourth-order valence-electron chi connectivity index (χ4n) is 5.28. The first-order valence-corrected chi connectivity index (χ1v) is 15.0. The van der Waals surface area contributed by atoms with Gasteiger partial charge in [0, 0.05) is 61.8 Å². The summed E-state index contributed by atoms with van der Waals surface area (Å²) in [5.41, 5.74) is 1.70. The number of anilines is 4. The van der Waals surface area contributed by atoms with E-state index in [-0.39, 0.29) is 11.7 Å². The van der Waals surface area contributed by atoms with Crippen LogP contribution in [0.4, 0.5) is 23.3 Å². The van der Waals surface area contributed by atoms with Gasteiger partial charge in [0.15, 0.2) is 0 Å². The van der Waals surface area contributed by atoms with Gasteiger partial charge in [0.2, 0.25) is 5.95 Å². The molecule has 2 saturated heterocycles. The number of pyridine rings is 1. The summed E-state index contributed by atoms with van der Waals surface area (Å²) in [6.07, 6.45) is 6.32. The molecule has 37 heavy (non-hydrogen) atoms. The molecular weight excluding hydrogens is 488 g/mol. The Labute approximate surface area is 218 Å². The lowest BCUT2D eigenvalue weighted by Crippen LogP contribution is -2.49. The fourth-order valence-corrected chi connectivity index (χ4v) is 6.35. The summed E-state index contributed by atoms with van der Waals surface area (Å²) < 4.78 is 23.4. The predicted molar refractivity (Wildman–Crippen MR) is 149 cm³/mol. The molecule has 0 aliphatic carbocycles. The quantitative estimate of drug-likeness (QED) is 0.477. The van der Waals surface area contributed by atoms with Crippen LogP contribution in [0.15, 0.2) is 36.7 Å². The number of piperidine rings is 1. The molecule has 0 bridgehead atoms. The standard InChI is InChI=1S/C27H36N6O3S/c1-18(2)20-5-6-23(33-15-19(16-33)17-37(4,35)36)22-14-29-25(13-21(20)22)30-24-7-10-28-26(31-24)32-11-8-27(3,34)9-12-32/h5-7,10,13-14,18-19,34H,8-9,11-12,15-17H2,1-4H3,(H,28,29,30,31). The summed E-state index contributed by atoms with van der Waals surface area (Å²) in [7, 11) is -2.97. The number of aliphatic hydroxyl groups is 1. The van der Waals surface area contributed by atoms with Crippen molar-refractivity contribution in [2.24, 2.45) is 5.92 Å². The number of nitrogens with zero attached hydrogens (tertiary/aromatic N) is 5. The minimum Gasteiger partial charge on any atom is -0.390 e. The van der Waals surface area contributed by atoms with Crippen molar-refractivity contribution in [3.8, 4) is 0 Å². The third kappa shape index (κ3) is 5.80. The van der Waals surface area contributed by atoms with Gasteiger partial charge in [-0.15, -0.1) is 0 Å². The summed E-state index contributed by atoms with van der Waals surface area (Å²) in [5.74, 6) is 2.76. The minimum absolute atomic E-state index is 0.168. The zero-order chi connectivity index (χ0) is 26.4. The van der Waals surface area contributed by atoms with Crippen LogP contribution in [0.2, 0.25) is 0 Å². The molecule has 0 atom stereocenters. The second kappa shape index (κ2) is 9.72. The van der Waals surface area contributed by atoms with Gasteiger partial charge in [-0.2, -0.15) is 4.98 Å². The number of hydrogen-bond donors (Lipinski definition) is 2. The maximum atomic E-state index is 11.7. The maximum absolute atomic E-state index is 11.7. The molecule has 2 N–H and O–H groups in total. The van der Waals surface area contributed by atoms with Gasteiger partial charge in [-0.25, -0.2) is 18.4 Å². The van der Waals surface area contributed by atoms with Crippen LogP contribution in [0, 0.1) is 5.92 Å². The molecular formula is C27H36N6O3S. The summed E-state index contributed by atoms with van der Waals surface area (Å²) in [4.78, 5) is 18.2. The van der Waals surface area contributed by atoms with Crippen molar-refractivity contribution >= 4 is 43.9 Å². The Morgan fingerprint density at radius 1 is 1.08 bits per heavy atom. The minimum atomic E-state index is -2.97. The molecule has 2 fully saturated rings. The largest absolute Gasteiger partial charge is 0.390 e. The van der Waals surface area contributed by atoms with Gasteiger partial charge in [0.25, 0.3) is 0 Å². The van der Waals surface area contributed by atoms with Crippen LogP contribution in [0.3, 0.4) is 0 Å². The third-order valence-electron chi connectivity index (χ3n) is 7.39. The number of rotatable bonds is 7. The molecule has 10 heteroatoms. The SMILES string of the molecule is CC(C)c1ccc(N2CC(CS(C)(=O)=O)C2)c2cnc(Nc3ccnc(N4CCC(C)(O)CC4)n3)cc12. The molecule has 0 saturated carbocycles. The molecule has 5 rings (SSSR count). The van der Waals surface area contributed by atoms with Crippen LogP contribution >= 0.6 is 0 Å². The van der Waals surface area contributed by atoms with E-state index in [0.717, 1.165) is 29.5 Å². The van der Waals surface area contributed by atoms with Crippen LogP contribution in [0.5, 0.6) is 0 Å². The Balaban J connectivity index is 1.38. The molecule has 3 aromatic rings. The van der Waals surface area contributed by atoms with Crippen LogP contribution < -0.4 is 15.1 Å². The number of benzene rings is 1. The van der Waals surface area contributed by atoms with Crippen LogP contribution in [0.25, 0.3) is 10.8 Å². The maximum Gasteiger partial charge on any atom is 0.227 e. The normalized spacial score (nSPS) is 18.3. The lowest BCUT2D eigenvalue weighted by atomic mass is 9.93. The molecule has 0 unspecified atom stereocenters. The van der Waals surface area contributed by atoms with Gasteiger partial charge < -0.3 is 20.2 Å². The van der Waals surface area contributed by atoms with Crippen molar-refractivity contribution in [3.05, 3.63) is 42.2 Å². The van der Waals surface area contributed by atoms with Gasteiger partial charge in [-0.1, -0.05) is 19.9 Å². The Bertz CT molecular complexity index is 1390. The van der Waals surface area contributed by atoms with E-state index in [1.54, 1.807) is 6.20 Å². The topological polar surface area (TPSA) is 112 Å². The van der Waals surface area contributed by atoms with Crippen molar-refractivity contribution in [3.63, 3.8) is 0 Å². The number of fused-ring (bicyclic) bond motifs is 1. The molecule has 0 spiro atoms. The van der Waals surface area contributed by atoms with Gasteiger partial charge in [-0.05, 0) is 54.8 Å². The second-order valence-electron chi connectivity index (χ2n) is 11.2. The number of aromatic nitrogens is 3. The van der Waals surface area contributed by atoms with E-state index in [4.69, 9.17) is 9.97 Å². The van der Waals surface area contributed by atoms with Crippen LogP contribution in [-0.4, -0.2) is 72.3 Å². The van der Waals surface area contributed by atoms with Crippen molar-refractivity contribution < 1.29 is 13.5 Å². The van der Waals surface area contributed by atoms with Crippen molar-refractivity contribution in [1.29, 1.82) is 0 Å². The van der Waals surface area contributed by atoms with E-state index >= 15 is 0 Å². The highest BCUT2D eigenvalue weighted by molar-refractivity contribution is 7.90. The van der Waals surface area contributed by atoms with Gasteiger partial charge >= 0.3 is 0 Å². The zero-order valence-electron chi connectivity index (χ0n) is 22.0.